The monoisotopic (exact) mass is 238 g/mol. The van der Waals surface area contributed by atoms with E-state index in [1.165, 1.54) is 0 Å². The van der Waals surface area contributed by atoms with Gasteiger partial charge in [0, 0.05) is 0 Å². The van der Waals surface area contributed by atoms with Crippen LogP contribution in [0.3, 0.4) is 0 Å². The lowest BCUT2D eigenvalue weighted by atomic mass is 10.8. The topological polar surface area (TPSA) is 85.3 Å². The molecule has 5 nitrogen and oxygen atoms in total. The third-order valence-corrected chi connectivity index (χ3v) is 5.07. The van der Waals surface area contributed by atoms with Gasteiger partial charge in [-0.15, -0.1) is 13.2 Å². The Kier molecular flexibility index (Phi) is 4.21. The molecule has 0 aliphatic rings. The fourth-order valence-electron chi connectivity index (χ4n) is 0.640. The quantitative estimate of drug-likeness (QED) is 0.658. The van der Waals surface area contributed by atoms with E-state index in [-0.39, 0.29) is 0 Å². The Balaban J connectivity index is 5.17. The summed E-state index contributed by atoms with van der Waals surface area (Å²) in [4.78, 5) is 11.0. The van der Waals surface area contributed by atoms with Gasteiger partial charge in [-0.1, -0.05) is 12.2 Å². The fraction of sp³-hybridized carbons (Fsp3) is 0.286. The third kappa shape index (κ3) is 3.08. The van der Waals surface area contributed by atoms with Gasteiger partial charge in [0.15, 0.2) is 0 Å². The molecule has 0 spiro atoms. The largest absolute Gasteiger partial charge is 0.360 e. The van der Waals surface area contributed by atoms with E-state index in [9.17, 15) is 21.6 Å². The van der Waals surface area contributed by atoms with E-state index in [4.69, 9.17) is 0 Å². The minimum absolute atomic E-state index is 0.678. The first-order valence-electron chi connectivity index (χ1n) is 3.49. The molecule has 7 heteroatoms. The summed E-state index contributed by atoms with van der Waals surface area (Å²) >= 11 is 0. The lowest BCUT2D eigenvalue weighted by molar-refractivity contribution is 0.273. The molecule has 0 bridgehead atoms. The molecule has 14 heavy (non-hydrogen) atoms. The maximum absolute atomic E-state index is 11.0. The van der Waals surface area contributed by atoms with Crippen LogP contribution in [0.1, 0.15) is 0 Å². The lowest BCUT2D eigenvalue weighted by Crippen LogP contribution is -2.26. The highest BCUT2D eigenvalue weighted by Crippen LogP contribution is 2.04. The zero-order valence-electron chi connectivity index (χ0n) is 7.34. The van der Waals surface area contributed by atoms with Crippen molar-refractivity contribution in [1.82, 2.24) is 0 Å². The van der Waals surface area contributed by atoms with Crippen molar-refractivity contribution in [3.05, 3.63) is 25.3 Å². The van der Waals surface area contributed by atoms with Gasteiger partial charge in [-0.25, -0.2) is 16.8 Å². The molecular weight excluding hydrogens is 228 g/mol. The van der Waals surface area contributed by atoms with Gasteiger partial charge in [0.1, 0.15) is 0 Å². The van der Waals surface area contributed by atoms with Crippen molar-refractivity contribution in [2.24, 2.45) is 0 Å². The first-order chi connectivity index (χ1) is 6.28. The van der Waals surface area contributed by atoms with Gasteiger partial charge in [-0.2, -0.15) is 0 Å². The van der Waals surface area contributed by atoms with Crippen molar-refractivity contribution < 1.29 is 21.6 Å². The van der Waals surface area contributed by atoms with Crippen LogP contribution in [-0.4, -0.2) is 32.8 Å². The Morgan fingerprint density at radius 2 is 1.21 bits per heavy atom. The van der Waals surface area contributed by atoms with Crippen LogP contribution in [0.5, 0.6) is 0 Å². The normalized spacial score (nSPS) is 12.0. The van der Waals surface area contributed by atoms with E-state index in [0.29, 0.717) is 0 Å². The number of carbonyl (C=O) groups is 1. The first kappa shape index (κ1) is 13.1. The van der Waals surface area contributed by atoms with Crippen molar-refractivity contribution in [3.63, 3.8) is 0 Å². The fourth-order valence-corrected chi connectivity index (χ4v) is 3.49. The smallest absolute Gasteiger partial charge is 0.263 e. The summed E-state index contributed by atoms with van der Waals surface area (Å²) in [6.07, 6.45) is 1.91. The second-order valence-electron chi connectivity index (χ2n) is 2.39. The molecule has 0 radical (unpaired) electrons. The second-order valence-corrected chi connectivity index (χ2v) is 6.52. The third-order valence-electron chi connectivity index (χ3n) is 1.18. The Hall–Kier alpha value is -0.950. The minimum Gasteiger partial charge on any atom is -0.263 e. The predicted octanol–water partition coefficient (Wildman–Crippen LogP) is 0.308. The Morgan fingerprint density at radius 1 is 0.929 bits per heavy atom. The maximum Gasteiger partial charge on any atom is 0.360 e. The zero-order valence-corrected chi connectivity index (χ0v) is 8.97. The van der Waals surface area contributed by atoms with Crippen LogP contribution < -0.4 is 0 Å². The second kappa shape index (κ2) is 4.52. The molecule has 0 atom stereocenters. The first-order valence-corrected chi connectivity index (χ1v) is 6.79. The molecule has 80 valence electrons. The van der Waals surface area contributed by atoms with Gasteiger partial charge in [0.05, 0.1) is 11.5 Å². The number of rotatable bonds is 4. The van der Waals surface area contributed by atoms with E-state index in [0.717, 1.165) is 12.2 Å². The number of sulfone groups is 2. The van der Waals surface area contributed by atoms with Crippen LogP contribution in [0.25, 0.3) is 0 Å². The van der Waals surface area contributed by atoms with Crippen molar-refractivity contribution in [2.75, 3.05) is 11.5 Å². The number of hydrogen-bond acceptors (Lipinski definition) is 5. The highest BCUT2D eigenvalue weighted by atomic mass is 32.3. The van der Waals surface area contributed by atoms with E-state index >= 15 is 0 Å². The highest BCUT2D eigenvalue weighted by molar-refractivity contribution is 8.31. The molecule has 0 N–H and O–H groups in total. The number of hydrogen-bond donors (Lipinski definition) is 0. The zero-order chi connectivity index (χ0) is 11.4. The molecule has 0 aromatic rings. The van der Waals surface area contributed by atoms with Crippen molar-refractivity contribution in [1.29, 1.82) is 0 Å². The highest BCUT2D eigenvalue weighted by Gasteiger charge is 2.32. The standard InChI is InChI=1S/C7H10O5S2/c1-3-5-13(9,10)7(8)14(11,12)6-4-2/h3-4H,1-2,5-6H2. The van der Waals surface area contributed by atoms with E-state index in [1.54, 1.807) is 0 Å². The van der Waals surface area contributed by atoms with E-state index in [1.807, 2.05) is 0 Å². The Morgan fingerprint density at radius 3 is 1.43 bits per heavy atom. The summed E-state index contributed by atoms with van der Waals surface area (Å²) in [5.74, 6) is -1.36. The Bertz CT molecular complexity index is 398. The molecule has 0 heterocycles. The minimum atomic E-state index is -4.28. The predicted molar refractivity (Wildman–Crippen MR) is 53.4 cm³/mol. The maximum atomic E-state index is 11.0. The van der Waals surface area contributed by atoms with Crippen molar-refractivity contribution in [3.8, 4) is 0 Å². The van der Waals surface area contributed by atoms with Crippen LogP contribution >= 0.6 is 0 Å². The molecule has 0 saturated carbocycles. The molecule has 0 unspecified atom stereocenters. The van der Waals surface area contributed by atoms with Crippen LogP contribution in [0, 0.1) is 0 Å². The SMILES string of the molecule is C=CCS(=O)(=O)C(=O)S(=O)(=O)CC=C. The molecule has 0 saturated heterocycles. The molecule has 0 amide bonds. The van der Waals surface area contributed by atoms with Crippen molar-refractivity contribution >= 4 is 24.1 Å². The Labute approximate surface area is 83.0 Å². The average molecular weight is 238 g/mol. The van der Waals surface area contributed by atoms with Gasteiger partial charge >= 0.3 is 4.45 Å². The van der Waals surface area contributed by atoms with Gasteiger partial charge in [0.2, 0.25) is 19.7 Å². The lowest BCUT2D eigenvalue weighted by Gasteiger charge is -1.99. The van der Waals surface area contributed by atoms with Gasteiger partial charge < -0.3 is 0 Å². The summed E-state index contributed by atoms with van der Waals surface area (Å²) in [7, 11) is -8.57. The van der Waals surface area contributed by atoms with E-state index < -0.39 is 35.6 Å². The summed E-state index contributed by atoms with van der Waals surface area (Å²) in [5.41, 5.74) is 0. The van der Waals surface area contributed by atoms with Crippen LogP contribution in [0.2, 0.25) is 0 Å². The molecular formula is C7H10O5S2. The number of carbonyl (C=O) groups excluding carboxylic acids is 1. The van der Waals surface area contributed by atoms with Crippen LogP contribution in [0.15, 0.2) is 25.3 Å². The van der Waals surface area contributed by atoms with E-state index in [2.05, 4.69) is 13.2 Å². The molecule has 0 fully saturated rings. The molecule has 0 aliphatic heterocycles. The van der Waals surface area contributed by atoms with Gasteiger partial charge in [-0.3, -0.25) is 4.79 Å². The molecule has 0 aliphatic carbocycles. The molecule has 0 aromatic carbocycles. The molecule has 0 rings (SSSR count). The summed E-state index contributed by atoms with van der Waals surface area (Å²) in [6, 6.07) is 0. The van der Waals surface area contributed by atoms with Crippen LogP contribution in [-0.2, 0) is 19.7 Å². The summed E-state index contributed by atoms with van der Waals surface area (Å²) < 4.78 is 42.3. The van der Waals surface area contributed by atoms with Gasteiger partial charge in [0.25, 0.3) is 0 Å². The van der Waals surface area contributed by atoms with Crippen molar-refractivity contribution in [2.45, 2.75) is 0 Å². The summed E-state index contributed by atoms with van der Waals surface area (Å²) in [5, 5.41) is 0. The average Bonchev–Trinajstić information content (AvgIpc) is 2.02. The van der Waals surface area contributed by atoms with Gasteiger partial charge in [-0.05, 0) is 0 Å². The molecule has 0 aromatic heterocycles. The van der Waals surface area contributed by atoms with Crippen LogP contribution in [0.4, 0.5) is 4.79 Å². The summed E-state index contributed by atoms with van der Waals surface area (Å²) in [6.45, 7) is 6.22.